The molecule has 0 saturated carbocycles. The molecule has 0 spiro atoms. The molecule has 0 atom stereocenters. The third kappa shape index (κ3) is 5.51. The molecule has 1 amide bonds. The standard InChI is InChI=1S/C23H22F3N3O3S/c1-4-15(2)20-21(16-10-12-18(13-11-16)33(3,31)32)28-29(22(20)23(24,25)26)14-19(30)27-17-8-6-5-7-9-17/h4-13H,14H2,1-3H3,(H,27,30)/b15-4+. The van der Waals surface area contributed by atoms with Crippen molar-refractivity contribution >= 4 is 27.0 Å². The first kappa shape index (κ1) is 24.2. The van der Waals surface area contributed by atoms with Gasteiger partial charge >= 0.3 is 6.18 Å². The number of benzene rings is 2. The first-order valence-corrected chi connectivity index (χ1v) is 11.8. The number of nitrogens with zero attached hydrogens (tertiary/aromatic N) is 2. The normalized spacial score (nSPS) is 12.6. The van der Waals surface area contributed by atoms with E-state index in [1.54, 1.807) is 37.3 Å². The fourth-order valence-corrected chi connectivity index (χ4v) is 3.93. The predicted molar refractivity (Wildman–Crippen MR) is 120 cm³/mol. The van der Waals surface area contributed by atoms with Gasteiger partial charge in [0.2, 0.25) is 5.91 Å². The summed E-state index contributed by atoms with van der Waals surface area (Å²) >= 11 is 0. The summed E-state index contributed by atoms with van der Waals surface area (Å²) in [6.07, 6.45) is -2.22. The molecule has 10 heteroatoms. The van der Waals surface area contributed by atoms with Crippen LogP contribution in [0.1, 0.15) is 25.1 Å². The Labute approximate surface area is 189 Å². The number of halogens is 3. The maximum absolute atomic E-state index is 14.1. The van der Waals surface area contributed by atoms with Crippen molar-refractivity contribution in [2.24, 2.45) is 0 Å². The number of nitrogens with one attached hydrogen (secondary N) is 1. The monoisotopic (exact) mass is 477 g/mol. The molecule has 2 aromatic carbocycles. The largest absolute Gasteiger partial charge is 0.433 e. The first-order valence-electron chi connectivity index (χ1n) is 9.88. The zero-order valence-corrected chi connectivity index (χ0v) is 19.0. The summed E-state index contributed by atoms with van der Waals surface area (Å²) in [6.45, 7) is 2.47. The van der Waals surface area contributed by atoms with Gasteiger partial charge in [0.15, 0.2) is 15.5 Å². The summed E-state index contributed by atoms with van der Waals surface area (Å²) in [5.74, 6) is -0.669. The number of alkyl halides is 3. The van der Waals surface area contributed by atoms with Gasteiger partial charge in [-0.05, 0) is 43.7 Å². The minimum absolute atomic E-state index is 0.00508. The molecule has 0 saturated heterocycles. The van der Waals surface area contributed by atoms with Crippen molar-refractivity contribution < 1.29 is 26.4 Å². The molecule has 0 bridgehead atoms. The minimum Gasteiger partial charge on any atom is -0.324 e. The van der Waals surface area contributed by atoms with Crippen molar-refractivity contribution in [3.05, 3.63) is 71.9 Å². The van der Waals surface area contributed by atoms with E-state index < -0.39 is 34.2 Å². The van der Waals surface area contributed by atoms with Gasteiger partial charge in [-0.3, -0.25) is 4.79 Å². The zero-order chi connectivity index (χ0) is 24.4. The summed E-state index contributed by atoms with van der Waals surface area (Å²) in [4.78, 5) is 12.5. The number of sulfone groups is 1. The Balaban J connectivity index is 2.12. The van der Waals surface area contributed by atoms with Crippen LogP contribution in [-0.4, -0.2) is 30.4 Å². The van der Waals surface area contributed by atoms with Gasteiger partial charge in [0, 0.05) is 23.1 Å². The third-order valence-corrected chi connectivity index (χ3v) is 6.08. The van der Waals surface area contributed by atoms with Crippen LogP contribution in [0.2, 0.25) is 0 Å². The van der Waals surface area contributed by atoms with Crippen molar-refractivity contribution in [3.8, 4) is 11.3 Å². The topological polar surface area (TPSA) is 81.1 Å². The second-order valence-corrected chi connectivity index (χ2v) is 9.43. The highest BCUT2D eigenvalue weighted by Gasteiger charge is 2.41. The Kier molecular flexibility index (Phi) is 6.78. The Morgan fingerprint density at radius 3 is 2.21 bits per heavy atom. The van der Waals surface area contributed by atoms with E-state index in [9.17, 15) is 26.4 Å². The number of hydrogen-bond acceptors (Lipinski definition) is 4. The molecule has 0 aliphatic heterocycles. The fraction of sp³-hybridized carbons (Fsp3) is 0.217. The maximum Gasteiger partial charge on any atom is 0.433 e. The number of hydrogen-bond donors (Lipinski definition) is 1. The minimum atomic E-state index is -4.79. The Bertz CT molecular complexity index is 1290. The average molecular weight is 478 g/mol. The van der Waals surface area contributed by atoms with E-state index in [4.69, 9.17) is 0 Å². The van der Waals surface area contributed by atoms with E-state index in [1.165, 1.54) is 37.3 Å². The number of allylic oxidation sites excluding steroid dienone is 2. The number of aromatic nitrogens is 2. The lowest BCUT2D eigenvalue weighted by Gasteiger charge is -2.13. The van der Waals surface area contributed by atoms with Crippen LogP contribution in [0.25, 0.3) is 16.8 Å². The van der Waals surface area contributed by atoms with Crippen molar-refractivity contribution in [1.82, 2.24) is 9.78 Å². The van der Waals surface area contributed by atoms with E-state index >= 15 is 0 Å². The fourth-order valence-electron chi connectivity index (χ4n) is 3.30. The smallest absolute Gasteiger partial charge is 0.324 e. The van der Waals surface area contributed by atoms with Gasteiger partial charge in [-0.2, -0.15) is 18.3 Å². The van der Waals surface area contributed by atoms with E-state index in [2.05, 4.69) is 10.4 Å². The average Bonchev–Trinajstić information content (AvgIpc) is 3.12. The van der Waals surface area contributed by atoms with Crippen LogP contribution in [0, 0.1) is 0 Å². The molecule has 0 radical (unpaired) electrons. The van der Waals surface area contributed by atoms with Crippen molar-refractivity contribution in [2.45, 2.75) is 31.5 Å². The number of carbonyl (C=O) groups is 1. The van der Waals surface area contributed by atoms with Gasteiger partial charge in [0.25, 0.3) is 0 Å². The summed E-state index contributed by atoms with van der Waals surface area (Å²) in [5, 5.41) is 6.69. The lowest BCUT2D eigenvalue weighted by atomic mass is 9.99. The first-order chi connectivity index (χ1) is 15.4. The van der Waals surface area contributed by atoms with Crippen LogP contribution >= 0.6 is 0 Å². The summed E-state index contributed by atoms with van der Waals surface area (Å²) < 4.78 is 66.5. The molecule has 1 N–H and O–H groups in total. The Morgan fingerprint density at radius 1 is 1.09 bits per heavy atom. The van der Waals surface area contributed by atoms with Crippen molar-refractivity contribution in [3.63, 3.8) is 0 Å². The van der Waals surface area contributed by atoms with Crippen LogP contribution in [0.5, 0.6) is 0 Å². The number of para-hydroxylation sites is 1. The number of amides is 1. The molecule has 0 aliphatic carbocycles. The van der Waals surface area contributed by atoms with Crippen molar-refractivity contribution in [2.75, 3.05) is 11.6 Å². The lowest BCUT2D eigenvalue weighted by Crippen LogP contribution is -2.24. The molecule has 0 unspecified atom stereocenters. The van der Waals surface area contributed by atoms with Gasteiger partial charge in [-0.25, -0.2) is 13.1 Å². The van der Waals surface area contributed by atoms with E-state index in [0.29, 0.717) is 21.5 Å². The molecule has 0 aliphatic rings. The molecule has 6 nitrogen and oxygen atoms in total. The molecular weight excluding hydrogens is 455 g/mol. The van der Waals surface area contributed by atoms with Crippen molar-refractivity contribution in [1.29, 1.82) is 0 Å². The van der Waals surface area contributed by atoms with Gasteiger partial charge < -0.3 is 5.32 Å². The van der Waals surface area contributed by atoms with Crippen LogP contribution < -0.4 is 5.32 Å². The summed E-state index contributed by atoms with van der Waals surface area (Å²) in [7, 11) is -3.47. The summed E-state index contributed by atoms with van der Waals surface area (Å²) in [5.41, 5.74) is -0.145. The highest BCUT2D eigenvalue weighted by molar-refractivity contribution is 7.90. The van der Waals surface area contributed by atoms with E-state index in [-0.39, 0.29) is 16.2 Å². The van der Waals surface area contributed by atoms with Crippen LogP contribution in [0.4, 0.5) is 18.9 Å². The van der Waals surface area contributed by atoms with Crippen LogP contribution in [0.15, 0.2) is 65.6 Å². The lowest BCUT2D eigenvalue weighted by molar-refractivity contribution is -0.144. The Hall–Kier alpha value is -3.40. The zero-order valence-electron chi connectivity index (χ0n) is 18.1. The molecule has 1 heterocycles. The summed E-state index contributed by atoms with van der Waals surface area (Å²) in [6, 6.07) is 13.8. The highest BCUT2D eigenvalue weighted by atomic mass is 32.2. The van der Waals surface area contributed by atoms with Crippen LogP contribution in [0.3, 0.4) is 0 Å². The molecule has 0 fully saturated rings. The van der Waals surface area contributed by atoms with E-state index in [0.717, 1.165) is 6.26 Å². The molecule has 3 rings (SSSR count). The SMILES string of the molecule is C/C=C(\C)c1c(-c2ccc(S(C)(=O)=O)cc2)nn(CC(=O)Nc2ccccc2)c1C(F)(F)F. The highest BCUT2D eigenvalue weighted by Crippen LogP contribution is 2.40. The molecule has 174 valence electrons. The number of carbonyl (C=O) groups excluding carboxylic acids is 1. The van der Waals surface area contributed by atoms with Gasteiger partial charge in [0.05, 0.1) is 4.90 Å². The third-order valence-electron chi connectivity index (χ3n) is 4.96. The molecule has 33 heavy (non-hydrogen) atoms. The van der Waals surface area contributed by atoms with Gasteiger partial charge in [-0.15, -0.1) is 0 Å². The van der Waals surface area contributed by atoms with E-state index in [1.807, 2.05) is 0 Å². The van der Waals surface area contributed by atoms with Gasteiger partial charge in [-0.1, -0.05) is 36.4 Å². The maximum atomic E-state index is 14.1. The molecule has 3 aromatic rings. The predicted octanol–water partition coefficient (Wildman–Crippen LogP) is 5.03. The second-order valence-electron chi connectivity index (χ2n) is 7.41. The molecular formula is C23H22F3N3O3S. The Morgan fingerprint density at radius 2 is 1.70 bits per heavy atom. The molecule has 1 aromatic heterocycles. The number of rotatable bonds is 6. The second kappa shape index (κ2) is 9.22. The van der Waals surface area contributed by atoms with Gasteiger partial charge in [0.1, 0.15) is 12.2 Å². The number of anilines is 1. The van der Waals surface area contributed by atoms with Crippen LogP contribution in [-0.2, 0) is 27.4 Å². The quantitative estimate of drug-likeness (QED) is 0.540.